The fourth-order valence-corrected chi connectivity index (χ4v) is 4.51. The minimum absolute atomic E-state index is 0.0712. The van der Waals surface area contributed by atoms with E-state index in [2.05, 4.69) is 6.07 Å². The Morgan fingerprint density at radius 1 is 1.12 bits per heavy atom. The zero-order valence-electron chi connectivity index (χ0n) is 15.6. The maximum Gasteiger partial charge on any atom is 0.258 e. The first-order valence-corrected chi connectivity index (χ1v) is 10.6. The molecule has 0 aromatic heterocycles. The number of carbonyl (C=O) groups excluding carboxylic acids is 1. The Morgan fingerprint density at radius 2 is 1.77 bits per heavy atom. The van der Waals surface area contributed by atoms with E-state index >= 15 is 0 Å². The van der Waals surface area contributed by atoms with Gasteiger partial charge in [0.15, 0.2) is 0 Å². The molecular weight excluding hydrogens is 348 g/mol. The fraction of sp³-hybridized carbons (Fsp3) is 0.350. The lowest BCUT2D eigenvalue weighted by Gasteiger charge is -2.23. The predicted octanol–water partition coefficient (Wildman–Crippen LogP) is 3.29. The Hall–Kier alpha value is -2.34. The van der Waals surface area contributed by atoms with Gasteiger partial charge in [-0.25, -0.2) is 8.42 Å². The summed E-state index contributed by atoms with van der Waals surface area (Å²) in [5.41, 5.74) is 5.28. The Morgan fingerprint density at radius 3 is 2.35 bits per heavy atom. The van der Waals surface area contributed by atoms with Crippen LogP contribution in [0.15, 0.2) is 36.4 Å². The molecule has 0 spiro atoms. The van der Waals surface area contributed by atoms with Gasteiger partial charge in [0.1, 0.15) is 0 Å². The molecule has 1 aliphatic rings. The lowest BCUT2D eigenvalue weighted by atomic mass is 10.1. The van der Waals surface area contributed by atoms with Crippen molar-refractivity contribution in [1.29, 1.82) is 0 Å². The first kappa shape index (κ1) is 18.5. The molecule has 0 atom stereocenters. The van der Waals surface area contributed by atoms with Crippen LogP contribution in [-0.4, -0.2) is 33.7 Å². The van der Waals surface area contributed by atoms with E-state index in [1.807, 2.05) is 39.0 Å². The molecule has 0 N–H and O–H groups in total. The van der Waals surface area contributed by atoms with Gasteiger partial charge in [0, 0.05) is 24.3 Å². The van der Waals surface area contributed by atoms with Crippen molar-refractivity contribution in [3.63, 3.8) is 0 Å². The van der Waals surface area contributed by atoms with Crippen molar-refractivity contribution >= 4 is 27.3 Å². The number of anilines is 2. The average molecular weight is 372 g/mol. The summed E-state index contributed by atoms with van der Waals surface area (Å²) in [6.45, 7) is 6.98. The number of fused-ring (bicyclic) bond motifs is 1. The zero-order valence-corrected chi connectivity index (χ0v) is 16.4. The molecule has 2 aromatic rings. The molecule has 0 unspecified atom stereocenters. The van der Waals surface area contributed by atoms with E-state index in [9.17, 15) is 13.2 Å². The topological polar surface area (TPSA) is 57.7 Å². The number of amides is 1. The zero-order chi connectivity index (χ0) is 19.1. The first-order chi connectivity index (χ1) is 12.2. The molecule has 5 nitrogen and oxygen atoms in total. The van der Waals surface area contributed by atoms with Gasteiger partial charge in [-0.05, 0) is 74.2 Å². The molecule has 26 heavy (non-hydrogen) atoms. The van der Waals surface area contributed by atoms with Gasteiger partial charge in [-0.1, -0.05) is 6.07 Å². The molecule has 0 saturated carbocycles. The number of aryl methyl sites for hydroxylation is 2. The second kappa shape index (κ2) is 6.76. The lowest BCUT2D eigenvalue weighted by molar-refractivity contribution is 0.0988. The summed E-state index contributed by atoms with van der Waals surface area (Å²) in [5.74, 6) is -0.0712. The molecule has 1 aliphatic heterocycles. The molecule has 138 valence electrons. The van der Waals surface area contributed by atoms with Crippen LogP contribution >= 0.6 is 0 Å². The molecule has 0 aliphatic carbocycles. The van der Waals surface area contributed by atoms with Gasteiger partial charge in [0.2, 0.25) is 10.0 Å². The Bertz CT molecular complexity index is 947. The number of sulfonamides is 1. The van der Waals surface area contributed by atoms with Gasteiger partial charge in [0.25, 0.3) is 5.91 Å². The van der Waals surface area contributed by atoms with Crippen molar-refractivity contribution in [2.24, 2.45) is 0 Å². The molecular formula is C20H24N2O3S. The summed E-state index contributed by atoms with van der Waals surface area (Å²) < 4.78 is 25.1. The fourth-order valence-electron chi connectivity index (χ4n) is 3.55. The number of hydrogen-bond donors (Lipinski definition) is 0. The maximum absolute atomic E-state index is 13.1. The number of carbonyl (C=O) groups is 1. The highest BCUT2D eigenvalue weighted by Gasteiger charge is 2.27. The van der Waals surface area contributed by atoms with Crippen molar-refractivity contribution in [3.05, 3.63) is 58.7 Å². The summed E-state index contributed by atoms with van der Waals surface area (Å²) in [7, 11) is -3.28. The smallest absolute Gasteiger partial charge is 0.258 e. The summed E-state index contributed by atoms with van der Waals surface area (Å²) in [5, 5.41) is 0. The maximum atomic E-state index is 13.1. The van der Waals surface area contributed by atoms with Crippen LogP contribution in [0, 0.1) is 13.8 Å². The number of rotatable bonds is 4. The van der Waals surface area contributed by atoms with Crippen LogP contribution in [0.1, 0.15) is 34.0 Å². The van der Waals surface area contributed by atoms with Gasteiger partial charge < -0.3 is 4.90 Å². The number of hydrogen-bond acceptors (Lipinski definition) is 3. The minimum atomic E-state index is -3.28. The van der Waals surface area contributed by atoms with Gasteiger partial charge in [-0.15, -0.1) is 0 Å². The molecule has 0 bridgehead atoms. The van der Waals surface area contributed by atoms with Crippen LogP contribution in [0.3, 0.4) is 0 Å². The van der Waals surface area contributed by atoms with Gasteiger partial charge >= 0.3 is 0 Å². The third-order valence-corrected chi connectivity index (χ3v) is 5.84. The second-order valence-electron chi connectivity index (χ2n) is 6.82. The quantitative estimate of drug-likeness (QED) is 0.827. The number of benzene rings is 2. The summed E-state index contributed by atoms with van der Waals surface area (Å²) in [6.07, 6.45) is 1.83. The molecule has 3 rings (SSSR count). The summed E-state index contributed by atoms with van der Waals surface area (Å²) in [4.78, 5) is 14.8. The summed E-state index contributed by atoms with van der Waals surface area (Å²) in [6, 6.07) is 11.4. The van der Waals surface area contributed by atoms with E-state index in [-0.39, 0.29) is 5.91 Å². The first-order valence-electron chi connectivity index (χ1n) is 8.71. The third kappa shape index (κ3) is 3.46. The Labute approximate surface area is 155 Å². The molecule has 1 heterocycles. The van der Waals surface area contributed by atoms with Crippen molar-refractivity contribution in [3.8, 4) is 0 Å². The van der Waals surface area contributed by atoms with Gasteiger partial charge in [-0.2, -0.15) is 0 Å². The van der Waals surface area contributed by atoms with Crippen LogP contribution in [0.5, 0.6) is 0 Å². The van der Waals surface area contributed by atoms with Gasteiger partial charge in [0.05, 0.1) is 11.9 Å². The van der Waals surface area contributed by atoms with E-state index in [1.54, 1.807) is 17.0 Å². The molecule has 0 radical (unpaired) electrons. The van der Waals surface area contributed by atoms with Crippen molar-refractivity contribution < 1.29 is 13.2 Å². The van der Waals surface area contributed by atoms with Crippen LogP contribution in [-0.2, 0) is 16.4 Å². The molecule has 0 fully saturated rings. The monoisotopic (exact) mass is 372 g/mol. The second-order valence-corrected chi connectivity index (χ2v) is 8.73. The minimum Gasteiger partial charge on any atom is -0.309 e. The lowest BCUT2D eigenvalue weighted by Crippen LogP contribution is -2.31. The van der Waals surface area contributed by atoms with Crippen molar-refractivity contribution in [1.82, 2.24) is 0 Å². The van der Waals surface area contributed by atoms with Gasteiger partial charge in [-0.3, -0.25) is 9.10 Å². The van der Waals surface area contributed by atoms with E-state index in [4.69, 9.17) is 0 Å². The standard InChI is InChI=1S/C20H24N2O3S/c1-5-21(18-11-14(2)10-15(3)12-18)20(23)17-6-7-19-16(13-17)8-9-22(19)26(4,24)25/h6-7,10-13H,5,8-9H2,1-4H3. The van der Waals surface area contributed by atoms with Crippen LogP contribution in [0.25, 0.3) is 0 Å². The highest BCUT2D eigenvalue weighted by atomic mass is 32.2. The normalized spacial score (nSPS) is 13.6. The Balaban J connectivity index is 1.95. The summed E-state index contributed by atoms with van der Waals surface area (Å²) >= 11 is 0. The predicted molar refractivity (Wildman–Crippen MR) is 106 cm³/mol. The van der Waals surface area contributed by atoms with E-state index in [1.165, 1.54) is 10.6 Å². The largest absolute Gasteiger partial charge is 0.309 e. The number of nitrogens with zero attached hydrogens (tertiary/aromatic N) is 2. The third-order valence-electron chi connectivity index (χ3n) is 4.66. The molecule has 6 heteroatoms. The van der Waals surface area contributed by atoms with E-state index in [0.717, 1.165) is 22.4 Å². The molecule has 1 amide bonds. The van der Waals surface area contributed by atoms with Crippen molar-refractivity contribution in [2.75, 3.05) is 28.6 Å². The molecule has 2 aromatic carbocycles. The molecule has 0 saturated heterocycles. The van der Waals surface area contributed by atoms with E-state index < -0.39 is 10.0 Å². The highest BCUT2D eigenvalue weighted by molar-refractivity contribution is 7.92. The highest BCUT2D eigenvalue weighted by Crippen LogP contribution is 2.31. The average Bonchev–Trinajstić information content (AvgIpc) is 2.97. The van der Waals surface area contributed by atoms with Crippen LogP contribution in [0.4, 0.5) is 11.4 Å². The SMILES string of the molecule is CCN(C(=O)c1ccc2c(c1)CCN2S(C)(=O)=O)c1cc(C)cc(C)c1. The van der Waals surface area contributed by atoms with Crippen LogP contribution < -0.4 is 9.21 Å². The van der Waals surface area contributed by atoms with E-state index in [0.29, 0.717) is 30.8 Å². The van der Waals surface area contributed by atoms with Crippen molar-refractivity contribution in [2.45, 2.75) is 27.2 Å². The Kier molecular flexibility index (Phi) is 4.80. The van der Waals surface area contributed by atoms with Crippen LogP contribution in [0.2, 0.25) is 0 Å².